The van der Waals surface area contributed by atoms with E-state index in [4.69, 9.17) is 0 Å². The number of Topliss-reactive ketones (excluding diaryl/α,β-unsaturated/α-hetero) is 1. The van der Waals surface area contributed by atoms with Gasteiger partial charge in [0.05, 0.1) is 0 Å². The van der Waals surface area contributed by atoms with Gasteiger partial charge in [-0.05, 0) is 13.3 Å². The molecule has 21 heavy (non-hydrogen) atoms. The van der Waals surface area contributed by atoms with Gasteiger partial charge in [0.1, 0.15) is 5.78 Å². The summed E-state index contributed by atoms with van der Waals surface area (Å²) in [5.74, 6) is 0.347. The van der Waals surface area contributed by atoms with Crippen molar-refractivity contribution >= 4 is 5.78 Å². The quantitative estimate of drug-likeness (QED) is 0.283. The van der Waals surface area contributed by atoms with E-state index in [2.05, 4.69) is 6.92 Å². The number of hydrogen-bond acceptors (Lipinski definition) is 1. The molecule has 0 fully saturated rings. The zero-order chi connectivity index (χ0) is 14.9. The largest absolute Gasteiger partial charge is 0.300 e. The van der Waals surface area contributed by atoms with Gasteiger partial charge in [-0.2, -0.15) is 0 Å². The molecule has 0 aliphatic heterocycles. The van der Waals surface area contributed by atoms with Gasteiger partial charge in [-0.1, -0.05) is 96.8 Å². The van der Waals surface area contributed by atoms with Crippen LogP contribution >= 0.6 is 0 Å². The molecule has 0 aliphatic carbocycles. The molecule has 0 bridgehead atoms. The molecule has 0 heterocycles. The van der Waals surface area contributed by atoms with E-state index in [-0.39, 0.29) is 17.4 Å². The minimum Gasteiger partial charge on any atom is -0.300 e. The molecule has 0 atom stereocenters. The third kappa shape index (κ3) is 22.6. The first kappa shape index (κ1) is 23.5. The molecule has 126 valence electrons. The van der Waals surface area contributed by atoms with E-state index < -0.39 is 0 Å². The van der Waals surface area contributed by atoms with Crippen LogP contribution in [0.2, 0.25) is 0 Å². The van der Waals surface area contributed by atoms with Crippen LogP contribution in [0.5, 0.6) is 0 Å². The van der Waals surface area contributed by atoms with Gasteiger partial charge in [-0.25, -0.2) is 0 Å². The maximum absolute atomic E-state index is 10.8. The molecule has 0 amide bonds. The molecule has 0 saturated heterocycles. The summed E-state index contributed by atoms with van der Waals surface area (Å²) in [6, 6.07) is 0. The van der Waals surface area contributed by atoms with E-state index in [1.807, 2.05) is 0 Å². The van der Waals surface area contributed by atoms with Crippen molar-refractivity contribution < 1.29 is 22.2 Å². The van der Waals surface area contributed by atoms with Gasteiger partial charge < -0.3 is 4.79 Å². The second kappa shape index (κ2) is 20.2. The van der Waals surface area contributed by atoms with E-state index in [1.54, 1.807) is 6.92 Å². The molecule has 0 aromatic heterocycles. The molecule has 0 N–H and O–H groups in total. The molecule has 1 nitrogen and oxygen atoms in total. The van der Waals surface area contributed by atoms with Gasteiger partial charge in [0.15, 0.2) is 0 Å². The fourth-order valence-electron chi connectivity index (χ4n) is 2.75. The second-order valence-electron chi connectivity index (χ2n) is 6.40. The topological polar surface area (TPSA) is 17.1 Å². The Bertz CT molecular complexity index is 204. The van der Waals surface area contributed by atoms with Gasteiger partial charge >= 0.3 is 0 Å². The van der Waals surface area contributed by atoms with E-state index >= 15 is 0 Å². The summed E-state index contributed by atoms with van der Waals surface area (Å²) < 4.78 is 0. The van der Waals surface area contributed by atoms with E-state index in [9.17, 15) is 4.79 Å². The summed E-state index contributed by atoms with van der Waals surface area (Å²) >= 11 is 0. The smallest absolute Gasteiger partial charge is 0.129 e. The number of carbonyl (C=O) groups is 1. The van der Waals surface area contributed by atoms with E-state index in [0.29, 0.717) is 5.78 Å². The number of rotatable bonds is 16. The van der Waals surface area contributed by atoms with Crippen LogP contribution in [0.25, 0.3) is 0 Å². The van der Waals surface area contributed by atoms with Crippen molar-refractivity contribution in [3.8, 4) is 0 Å². The van der Waals surface area contributed by atoms with Crippen molar-refractivity contribution in [1.29, 1.82) is 0 Å². The van der Waals surface area contributed by atoms with Crippen LogP contribution in [0.15, 0.2) is 0 Å². The standard InChI is InChI=1S/C19H38O.Cr/c1-3-4-5-6-7-8-9-10-11-12-13-14-15-16-17-18-19(2)20;/h3-18H2,1-2H3;. The van der Waals surface area contributed by atoms with Crippen molar-refractivity contribution in [2.24, 2.45) is 0 Å². The molecule has 0 radical (unpaired) electrons. The second-order valence-corrected chi connectivity index (χ2v) is 6.40. The van der Waals surface area contributed by atoms with Crippen LogP contribution in [-0.2, 0) is 22.2 Å². The normalized spacial score (nSPS) is 10.4. The van der Waals surface area contributed by atoms with Crippen LogP contribution in [0.3, 0.4) is 0 Å². The molecular weight excluding hydrogens is 296 g/mol. The molecule has 0 spiro atoms. The van der Waals surface area contributed by atoms with E-state index in [0.717, 1.165) is 12.8 Å². The molecule has 0 aliphatic rings. The predicted molar refractivity (Wildman–Crippen MR) is 90.2 cm³/mol. The van der Waals surface area contributed by atoms with E-state index in [1.165, 1.54) is 89.9 Å². The van der Waals surface area contributed by atoms with Crippen molar-refractivity contribution in [3.63, 3.8) is 0 Å². The molecule has 2 heteroatoms. The van der Waals surface area contributed by atoms with Gasteiger partial charge in [-0.15, -0.1) is 0 Å². The van der Waals surface area contributed by atoms with Gasteiger partial charge in [-0.3, -0.25) is 0 Å². The number of carbonyl (C=O) groups excluding carboxylic acids is 1. The summed E-state index contributed by atoms with van der Waals surface area (Å²) in [4.78, 5) is 10.8. The first-order chi connectivity index (χ1) is 9.77. The Balaban J connectivity index is 0. The SMILES string of the molecule is CCCCCCCCCCCCCCCCCC(C)=O.[Cr]. The zero-order valence-electron chi connectivity index (χ0n) is 14.6. The first-order valence-corrected chi connectivity index (χ1v) is 9.26. The maximum atomic E-state index is 10.8. The summed E-state index contributed by atoms with van der Waals surface area (Å²) in [5, 5.41) is 0. The fourth-order valence-corrected chi connectivity index (χ4v) is 2.75. The van der Waals surface area contributed by atoms with Crippen LogP contribution in [0.1, 0.15) is 117 Å². The summed E-state index contributed by atoms with van der Waals surface area (Å²) in [6.07, 6.45) is 21.6. The Kier molecular flexibility index (Phi) is 22.6. The van der Waals surface area contributed by atoms with Gasteiger partial charge in [0.25, 0.3) is 0 Å². The van der Waals surface area contributed by atoms with Crippen molar-refractivity contribution in [2.45, 2.75) is 117 Å². The summed E-state index contributed by atoms with van der Waals surface area (Å²) in [6.45, 7) is 3.98. The van der Waals surface area contributed by atoms with Crippen LogP contribution < -0.4 is 0 Å². The fraction of sp³-hybridized carbons (Fsp3) is 0.947. The Labute approximate surface area is 144 Å². The molecular formula is C19H38CrO. The molecule has 0 aromatic carbocycles. The van der Waals surface area contributed by atoms with Crippen molar-refractivity contribution in [1.82, 2.24) is 0 Å². The van der Waals surface area contributed by atoms with Crippen LogP contribution in [0, 0.1) is 0 Å². The number of ketones is 1. The van der Waals surface area contributed by atoms with Crippen molar-refractivity contribution in [2.75, 3.05) is 0 Å². The Hall–Kier alpha value is 0.202. The molecule has 0 rings (SSSR count). The molecule has 0 aromatic rings. The minimum atomic E-state index is 0. The first-order valence-electron chi connectivity index (χ1n) is 9.26. The van der Waals surface area contributed by atoms with Gasteiger partial charge in [0.2, 0.25) is 0 Å². The van der Waals surface area contributed by atoms with Crippen LogP contribution in [-0.4, -0.2) is 5.78 Å². The summed E-state index contributed by atoms with van der Waals surface area (Å²) in [7, 11) is 0. The number of hydrogen-bond donors (Lipinski definition) is 0. The maximum Gasteiger partial charge on any atom is 0.129 e. The third-order valence-electron chi connectivity index (χ3n) is 4.13. The molecule has 0 unspecified atom stereocenters. The van der Waals surface area contributed by atoms with Crippen molar-refractivity contribution in [3.05, 3.63) is 0 Å². The minimum absolute atomic E-state index is 0. The zero-order valence-corrected chi connectivity index (χ0v) is 15.9. The Morgan fingerprint density at radius 2 is 0.857 bits per heavy atom. The van der Waals surface area contributed by atoms with Crippen LogP contribution in [0.4, 0.5) is 0 Å². The number of unbranched alkanes of at least 4 members (excludes halogenated alkanes) is 14. The third-order valence-corrected chi connectivity index (χ3v) is 4.13. The average Bonchev–Trinajstić information content (AvgIpc) is 2.43. The Morgan fingerprint density at radius 3 is 1.14 bits per heavy atom. The molecule has 0 saturated carbocycles. The van der Waals surface area contributed by atoms with Gasteiger partial charge in [0, 0.05) is 23.8 Å². The monoisotopic (exact) mass is 334 g/mol. The summed E-state index contributed by atoms with van der Waals surface area (Å²) in [5.41, 5.74) is 0. The predicted octanol–water partition coefficient (Wildman–Crippen LogP) is 6.83. The Morgan fingerprint density at radius 1 is 0.571 bits per heavy atom. The average molecular weight is 335 g/mol.